The van der Waals surface area contributed by atoms with Crippen LogP contribution in [0.2, 0.25) is 0 Å². The lowest BCUT2D eigenvalue weighted by atomic mass is 9.96. The van der Waals surface area contributed by atoms with E-state index in [0.29, 0.717) is 6.04 Å². The third kappa shape index (κ3) is 4.38. The van der Waals surface area contributed by atoms with Gasteiger partial charge in [-0.1, -0.05) is 37.5 Å². The van der Waals surface area contributed by atoms with Crippen LogP contribution in [0.4, 0.5) is 5.69 Å². The quantitative estimate of drug-likeness (QED) is 0.613. The number of rotatable bonds is 4. The Kier molecular flexibility index (Phi) is 5.39. The number of hydrogen-bond acceptors (Lipinski definition) is 3. The van der Waals surface area contributed by atoms with Gasteiger partial charge in [0.05, 0.1) is 17.4 Å². The highest BCUT2D eigenvalue weighted by atomic mass is 32.1. The average molecular weight is 324 g/mol. The molecule has 0 spiro atoms. The van der Waals surface area contributed by atoms with Crippen LogP contribution in [-0.4, -0.2) is 17.5 Å². The van der Waals surface area contributed by atoms with Crippen molar-refractivity contribution in [2.24, 2.45) is 9.98 Å². The summed E-state index contributed by atoms with van der Waals surface area (Å²) >= 11 is 1.80. The topological polar surface area (TPSA) is 24.7 Å². The minimum Gasteiger partial charge on any atom is -0.285 e. The molecular weight excluding hydrogens is 300 g/mol. The minimum absolute atomic E-state index is 0.536. The van der Waals surface area contributed by atoms with E-state index in [4.69, 9.17) is 9.98 Å². The van der Waals surface area contributed by atoms with Crippen LogP contribution in [0.15, 0.2) is 52.4 Å². The molecule has 3 heteroatoms. The molecule has 1 fully saturated rings. The van der Waals surface area contributed by atoms with Crippen LogP contribution in [0.25, 0.3) is 0 Å². The van der Waals surface area contributed by atoms with Gasteiger partial charge in [0.25, 0.3) is 0 Å². The summed E-state index contributed by atoms with van der Waals surface area (Å²) in [4.78, 5) is 12.2. The van der Waals surface area contributed by atoms with E-state index in [2.05, 4.69) is 26.0 Å². The van der Waals surface area contributed by atoms with Crippen LogP contribution in [0.5, 0.6) is 0 Å². The van der Waals surface area contributed by atoms with Crippen molar-refractivity contribution in [2.45, 2.75) is 52.0 Å². The Morgan fingerprint density at radius 2 is 1.52 bits per heavy atom. The first kappa shape index (κ1) is 16.1. The van der Waals surface area contributed by atoms with E-state index in [1.807, 2.05) is 30.3 Å². The fraction of sp³-hybridized carbons (Fsp3) is 0.400. The number of nitrogens with zero attached hydrogens (tertiary/aromatic N) is 2. The normalized spacial score (nSPS) is 17.5. The maximum absolute atomic E-state index is 4.95. The lowest BCUT2D eigenvalue weighted by Gasteiger charge is -2.18. The fourth-order valence-corrected chi connectivity index (χ4v) is 3.93. The molecule has 0 saturated heterocycles. The zero-order valence-electron chi connectivity index (χ0n) is 14.0. The van der Waals surface area contributed by atoms with Crippen molar-refractivity contribution in [3.63, 3.8) is 0 Å². The summed E-state index contributed by atoms with van der Waals surface area (Å²) in [5, 5.41) is 0. The van der Waals surface area contributed by atoms with E-state index in [9.17, 15) is 0 Å². The molecule has 0 N–H and O–H groups in total. The van der Waals surface area contributed by atoms with E-state index in [1.165, 1.54) is 47.6 Å². The summed E-state index contributed by atoms with van der Waals surface area (Å²) in [5.41, 5.74) is 3.26. The standard InChI is InChI=1S/C20H24N2S/c1-15(21-17-9-5-3-6-10-17)19-13-14-20(23-19)16(2)22-18-11-7-4-8-12-18/h3,5-6,9-10,13-14,18H,4,7-8,11-12H2,1-2H3. The molecule has 1 aromatic heterocycles. The van der Waals surface area contributed by atoms with Crippen LogP contribution in [0, 0.1) is 0 Å². The highest BCUT2D eigenvalue weighted by Crippen LogP contribution is 2.24. The van der Waals surface area contributed by atoms with Gasteiger partial charge in [0.1, 0.15) is 0 Å². The first-order valence-electron chi connectivity index (χ1n) is 8.48. The number of para-hydroxylation sites is 1. The summed E-state index contributed by atoms with van der Waals surface area (Å²) < 4.78 is 0. The van der Waals surface area contributed by atoms with Crippen molar-refractivity contribution >= 4 is 28.4 Å². The maximum Gasteiger partial charge on any atom is 0.0633 e. The Balaban J connectivity index is 1.74. The van der Waals surface area contributed by atoms with E-state index >= 15 is 0 Å². The molecule has 1 aliphatic rings. The summed E-state index contributed by atoms with van der Waals surface area (Å²) in [6.07, 6.45) is 6.55. The number of aliphatic imine (C=N–C) groups is 2. The Bertz CT molecular complexity index is 691. The zero-order chi connectivity index (χ0) is 16.1. The van der Waals surface area contributed by atoms with E-state index in [0.717, 1.165) is 11.4 Å². The molecule has 2 aromatic rings. The summed E-state index contributed by atoms with van der Waals surface area (Å²) in [6.45, 7) is 4.23. The molecule has 23 heavy (non-hydrogen) atoms. The van der Waals surface area contributed by atoms with Gasteiger partial charge in [-0.3, -0.25) is 9.98 Å². The summed E-state index contributed by atoms with van der Waals surface area (Å²) in [5.74, 6) is 0. The van der Waals surface area contributed by atoms with Crippen LogP contribution in [-0.2, 0) is 0 Å². The second-order valence-corrected chi connectivity index (χ2v) is 7.29. The van der Waals surface area contributed by atoms with Crippen molar-refractivity contribution in [2.75, 3.05) is 0 Å². The van der Waals surface area contributed by atoms with Crippen molar-refractivity contribution < 1.29 is 0 Å². The Morgan fingerprint density at radius 1 is 0.870 bits per heavy atom. The van der Waals surface area contributed by atoms with Gasteiger partial charge in [-0.15, -0.1) is 11.3 Å². The molecule has 0 amide bonds. The molecule has 2 nitrogen and oxygen atoms in total. The first-order chi connectivity index (χ1) is 11.2. The predicted molar refractivity (Wildman–Crippen MR) is 102 cm³/mol. The second-order valence-electron chi connectivity index (χ2n) is 6.20. The van der Waals surface area contributed by atoms with Gasteiger partial charge in [-0.05, 0) is 51.0 Å². The Hall–Kier alpha value is -1.74. The maximum atomic E-state index is 4.95. The Labute approximate surface area is 143 Å². The lowest BCUT2D eigenvalue weighted by Crippen LogP contribution is -2.11. The van der Waals surface area contributed by atoms with Gasteiger partial charge >= 0.3 is 0 Å². The van der Waals surface area contributed by atoms with Gasteiger partial charge in [-0.25, -0.2) is 0 Å². The zero-order valence-corrected chi connectivity index (χ0v) is 14.8. The number of thiophene rings is 1. The number of benzene rings is 1. The minimum atomic E-state index is 0.536. The van der Waals surface area contributed by atoms with Crippen molar-refractivity contribution in [3.05, 3.63) is 52.2 Å². The molecule has 120 valence electrons. The van der Waals surface area contributed by atoms with Gasteiger partial charge in [0, 0.05) is 15.5 Å². The highest BCUT2D eigenvalue weighted by Gasteiger charge is 2.13. The third-order valence-corrected chi connectivity index (χ3v) is 5.63. The molecule has 1 saturated carbocycles. The third-order valence-electron chi connectivity index (χ3n) is 4.32. The van der Waals surface area contributed by atoms with Crippen LogP contribution < -0.4 is 0 Å². The average Bonchev–Trinajstić information content (AvgIpc) is 3.07. The SMILES string of the molecule is CC(=Nc1ccccc1)c1ccc(C(C)=NC2CCCCC2)s1. The number of hydrogen-bond donors (Lipinski definition) is 0. The smallest absolute Gasteiger partial charge is 0.0633 e. The van der Waals surface area contributed by atoms with Crippen molar-refractivity contribution in [1.82, 2.24) is 0 Å². The van der Waals surface area contributed by atoms with Crippen LogP contribution in [0.3, 0.4) is 0 Å². The van der Waals surface area contributed by atoms with Crippen molar-refractivity contribution in [1.29, 1.82) is 0 Å². The van der Waals surface area contributed by atoms with Gasteiger partial charge in [0.15, 0.2) is 0 Å². The summed E-state index contributed by atoms with van der Waals surface area (Å²) in [6, 6.07) is 15.0. The molecule has 0 bridgehead atoms. The summed E-state index contributed by atoms with van der Waals surface area (Å²) in [7, 11) is 0. The lowest BCUT2D eigenvalue weighted by molar-refractivity contribution is 0.443. The molecule has 0 aliphatic heterocycles. The molecule has 0 unspecified atom stereocenters. The molecule has 1 aromatic carbocycles. The molecule has 0 radical (unpaired) electrons. The molecule has 1 aliphatic carbocycles. The largest absolute Gasteiger partial charge is 0.285 e. The monoisotopic (exact) mass is 324 g/mol. The van der Waals surface area contributed by atoms with Crippen LogP contribution >= 0.6 is 11.3 Å². The van der Waals surface area contributed by atoms with E-state index in [-0.39, 0.29) is 0 Å². The van der Waals surface area contributed by atoms with Gasteiger partial charge in [-0.2, -0.15) is 0 Å². The van der Waals surface area contributed by atoms with Gasteiger partial charge < -0.3 is 0 Å². The van der Waals surface area contributed by atoms with Gasteiger partial charge in [0.2, 0.25) is 0 Å². The molecule has 0 atom stereocenters. The van der Waals surface area contributed by atoms with E-state index in [1.54, 1.807) is 11.3 Å². The molecular formula is C20H24N2S. The fourth-order valence-electron chi connectivity index (χ4n) is 3.03. The predicted octanol–water partition coefficient (Wildman–Crippen LogP) is 6.03. The molecule has 1 heterocycles. The first-order valence-corrected chi connectivity index (χ1v) is 9.29. The van der Waals surface area contributed by atoms with E-state index < -0.39 is 0 Å². The van der Waals surface area contributed by atoms with Crippen LogP contribution in [0.1, 0.15) is 55.7 Å². The highest BCUT2D eigenvalue weighted by molar-refractivity contribution is 7.16. The Morgan fingerprint density at radius 3 is 2.22 bits per heavy atom. The molecule has 3 rings (SSSR count). The second kappa shape index (κ2) is 7.69. The van der Waals surface area contributed by atoms with Crippen molar-refractivity contribution in [3.8, 4) is 0 Å².